The average Bonchev–Trinajstić information content (AvgIpc) is 2.26. The third-order valence-corrected chi connectivity index (χ3v) is 2.86. The second-order valence-corrected chi connectivity index (χ2v) is 4.59. The molecular formula is C13H26O4. The number of aliphatic carboxylic acids is 1. The maximum absolute atomic E-state index is 10.3. The van der Waals surface area contributed by atoms with Gasteiger partial charge in [0.05, 0.1) is 12.5 Å². The molecule has 0 fully saturated rings. The molecule has 17 heavy (non-hydrogen) atoms. The van der Waals surface area contributed by atoms with Crippen molar-refractivity contribution in [3.63, 3.8) is 0 Å². The van der Waals surface area contributed by atoms with Gasteiger partial charge in [-0.1, -0.05) is 44.9 Å². The quantitative estimate of drug-likeness (QED) is 0.462. The number of aliphatic hydroxyl groups is 2. The lowest BCUT2D eigenvalue weighted by Gasteiger charge is -2.07. The highest BCUT2D eigenvalue weighted by Crippen LogP contribution is 2.11. The van der Waals surface area contributed by atoms with Crippen molar-refractivity contribution in [2.24, 2.45) is 0 Å². The SMILES string of the molecule is O=C(O)C[C@H](O)CCCCCCCCCCO. The van der Waals surface area contributed by atoms with Crippen molar-refractivity contribution in [3.05, 3.63) is 0 Å². The number of carboxylic acid groups (broad SMARTS) is 1. The minimum atomic E-state index is -0.929. The number of hydrogen-bond donors (Lipinski definition) is 3. The minimum absolute atomic E-state index is 0.138. The smallest absolute Gasteiger partial charge is 0.305 e. The lowest BCUT2D eigenvalue weighted by Crippen LogP contribution is -2.12. The lowest BCUT2D eigenvalue weighted by molar-refractivity contribution is -0.139. The zero-order chi connectivity index (χ0) is 12.9. The molecule has 3 N–H and O–H groups in total. The molecule has 0 heterocycles. The van der Waals surface area contributed by atoms with Gasteiger partial charge in [-0.25, -0.2) is 0 Å². The van der Waals surface area contributed by atoms with E-state index in [1.807, 2.05) is 0 Å². The van der Waals surface area contributed by atoms with Crippen LogP contribution >= 0.6 is 0 Å². The Labute approximate surface area is 104 Å². The van der Waals surface area contributed by atoms with Crippen molar-refractivity contribution in [1.82, 2.24) is 0 Å². The first-order chi connectivity index (χ1) is 8.16. The Morgan fingerprint density at radius 1 is 0.882 bits per heavy atom. The molecule has 0 saturated carbocycles. The summed E-state index contributed by atoms with van der Waals surface area (Å²) in [7, 11) is 0. The van der Waals surface area contributed by atoms with E-state index >= 15 is 0 Å². The number of unbranched alkanes of at least 4 members (excludes halogenated alkanes) is 7. The van der Waals surface area contributed by atoms with Crippen LogP contribution in [0.2, 0.25) is 0 Å². The number of carboxylic acids is 1. The molecule has 0 unspecified atom stereocenters. The van der Waals surface area contributed by atoms with Crippen LogP contribution < -0.4 is 0 Å². The van der Waals surface area contributed by atoms with Crippen LogP contribution in [0.5, 0.6) is 0 Å². The summed E-state index contributed by atoms with van der Waals surface area (Å²) >= 11 is 0. The number of rotatable bonds is 12. The monoisotopic (exact) mass is 246 g/mol. The van der Waals surface area contributed by atoms with Crippen molar-refractivity contribution in [2.45, 2.75) is 70.3 Å². The minimum Gasteiger partial charge on any atom is -0.481 e. The van der Waals surface area contributed by atoms with Crippen LogP contribution in [0.15, 0.2) is 0 Å². The van der Waals surface area contributed by atoms with Gasteiger partial charge in [-0.2, -0.15) is 0 Å². The summed E-state index contributed by atoms with van der Waals surface area (Å²) in [4.78, 5) is 10.3. The topological polar surface area (TPSA) is 77.8 Å². The number of hydrogen-bond acceptors (Lipinski definition) is 3. The molecule has 0 amide bonds. The summed E-state index contributed by atoms with van der Waals surface area (Å²) in [5, 5.41) is 26.4. The van der Waals surface area contributed by atoms with Crippen LogP contribution in [-0.2, 0) is 4.79 Å². The van der Waals surface area contributed by atoms with Crippen LogP contribution in [0, 0.1) is 0 Å². The third-order valence-electron chi connectivity index (χ3n) is 2.86. The first-order valence-electron chi connectivity index (χ1n) is 6.67. The largest absolute Gasteiger partial charge is 0.481 e. The fourth-order valence-corrected chi connectivity index (χ4v) is 1.86. The van der Waals surface area contributed by atoms with Gasteiger partial charge in [0.15, 0.2) is 0 Å². The van der Waals surface area contributed by atoms with E-state index in [1.165, 1.54) is 19.3 Å². The summed E-state index contributed by atoms with van der Waals surface area (Å²) in [6, 6.07) is 0. The Morgan fingerprint density at radius 3 is 1.82 bits per heavy atom. The number of aliphatic hydroxyl groups excluding tert-OH is 2. The molecule has 1 atom stereocenters. The van der Waals surface area contributed by atoms with Crippen molar-refractivity contribution >= 4 is 5.97 Å². The van der Waals surface area contributed by atoms with Gasteiger partial charge in [0.25, 0.3) is 0 Å². The van der Waals surface area contributed by atoms with Crippen molar-refractivity contribution in [2.75, 3.05) is 6.61 Å². The van der Waals surface area contributed by atoms with E-state index < -0.39 is 12.1 Å². The molecule has 0 bridgehead atoms. The van der Waals surface area contributed by atoms with Crippen LogP contribution in [0.25, 0.3) is 0 Å². The second kappa shape index (κ2) is 11.9. The van der Waals surface area contributed by atoms with Crippen molar-refractivity contribution in [3.8, 4) is 0 Å². The van der Waals surface area contributed by atoms with E-state index in [0.717, 1.165) is 32.1 Å². The molecule has 0 saturated heterocycles. The summed E-state index contributed by atoms with van der Waals surface area (Å²) in [5.41, 5.74) is 0. The van der Waals surface area contributed by atoms with Crippen LogP contribution in [0.4, 0.5) is 0 Å². The van der Waals surface area contributed by atoms with Gasteiger partial charge in [0.1, 0.15) is 0 Å². The highest BCUT2D eigenvalue weighted by Gasteiger charge is 2.08. The first kappa shape index (κ1) is 16.4. The predicted octanol–water partition coefficient (Wildman–Crippen LogP) is 2.33. The molecule has 0 aliphatic heterocycles. The van der Waals surface area contributed by atoms with Crippen LogP contribution in [-0.4, -0.2) is 34.0 Å². The molecule has 0 rings (SSSR count). The highest BCUT2D eigenvalue weighted by atomic mass is 16.4. The average molecular weight is 246 g/mol. The van der Waals surface area contributed by atoms with E-state index in [9.17, 15) is 9.90 Å². The predicted molar refractivity (Wildman–Crippen MR) is 66.9 cm³/mol. The van der Waals surface area contributed by atoms with E-state index in [0.29, 0.717) is 13.0 Å². The number of carbonyl (C=O) groups is 1. The Kier molecular flexibility index (Phi) is 11.4. The zero-order valence-electron chi connectivity index (χ0n) is 10.6. The normalized spacial score (nSPS) is 12.6. The molecule has 102 valence electrons. The van der Waals surface area contributed by atoms with E-state index in [-0.39, 0.29) is 6.42 Å². The lowest BCUT2D eigenvalue weighted by atomic mass is 10.0. The van der Waals surface area contributed by atoms with E-state index in [2.05, 4.69) is 0 Å². The molecule has 0 aliphatic rings. The van der Waals surface area contributed by atoms with Gasteiger partial charge in [-0.3, -0.25) is 4.79 Å². The summed E-state index contributed by atoms with van der Waals surface area (Å²) in [6.07, 6.45) is 8.49. The Morgan fingerprint density at radius 2 is 1.35 bits per heavy atom. The summed E-state index contributed by atoms with van der Waals surface area (Å²) in [6.45, 7) is 0.293. The fraction of sp³-hybridized carbons (Fsp3) is 0.923. The Bertz CT molecular complexity index is 182. The molecule has 4 nitrogen and oxygen atoms in total. The molecule has 0 aromatic rings. The molecule has 0 aromatic carbocycles. The molecule has 0 aromatic heterocycles. The van der Waals surface area contributed by atoms with Crippen LogP contribution in [0.3, 0.4) is 0 Å². The summed E-state index contributed by atoms with van der Waals surface area (Å²) in [5.74, 6) is -0.929. The van der Waals surface area contributed by atoms with Crippen LogP contribution in [0.1, 0.15) is 64.2 Å². The van der Waals surface area contributed by atoms with E-state index in [1.54, 1.807) is 0 Å². The van der Waals surface area contributed by atoms with Gasteiger partial charge in [0, 0.05) is 6.61 Å². The van der Waals surface area contributed by atoms with Crippen molar-refractivity contribution < 1.29 is 20.1 Å². The highest BCUT2D eigenvalue weighted by molar-refractivity contribution is 5.67. The molecule has 0 radical (unpaired) electrons. The molecule has 0 spiro atoms. The third kappa shape index (κ3) is 13.3. The van der Waals surface area contributed by atoms with Gasteiger partial charge in [0.2, 0.25) is 0 Å². The van der Waals surface area contributed by atoms with Gasteiger partial charge >= 0.3 is 5.97 Å². The van der Waals surface area contributed by atoms with Gasteiger partial charge in [-0.15, -0.1) is 0 Å². The maximum atomic E-state index is 10.3. The second-order valence-electron chi connectivity index (χ2n) is 4.59. The Hall–Kier alpha value is -0.610. The standard InChI is InChI=1S/C13H26O4/c14-10-8-6-4-2-1-3-5-7-9-12(15)11-13(16)17/h12,14-15H,1-11H2,(H,16,17)/t12-/m1/s1. The first-order valence-corrected chi connectivity index (χ1v) is 6.67. The van der Waals surface area contributed by atoms with Crippen molar-refractivity contribution in [1.29, 1.82) is 0 Å². The molecular weight excluding hydrogens is 220 g/mol. The zero-order valence-corrected chi connectivity index (χ0v) is 10.6. The maximum Gasteiger partial charge on any atom is 0.305 e. The molecule has 0 aliphatic carbocycles. The molecule has 4 heteroatoms. The van der Waals surface area contributed by atoms with Gasteiger partial charge in [-0.05, 0) is 12.8 Å². The summed E-state index contributed by atoms with van der Waals surface area (Å²) < 4.78 is 0. The van der Waals surface area contributed by atoms with Gasteiger partial charge < -0.3 is 15.3 Å². The Balaban J connectivity index is 3.10. The fourth-order valence-electron chi connectivity index (χ4n) is 1.86. The van der Waals surface area contributed by atoms with E-state index in [4.69, 9.17) is 10.2 Å².